The molecule has 0 fully saturated rings. The molecule has 0 aromatic heterocycles. The van der Waals surface area contributed by atoms with Crippen LogP contribution in [-0.4, -0.2) is 13.0 Å². The molecule has 0 saturated heterocycles. The molecule has 3 nitrogen and oxygen atoms in total. The molecule has 0 saturated carbocycles. The Morgan fingerprint density at radius 2 is 2.21 bits per heavy atom. The lowest BCUT2D eigenvalue weighted by Crippen LogP contribution is -2.11. The minimum Gasteiger partial charge on any atom is -0.495 e. The number of carbonyl (C=O) groups is 1. The molecule has 74 valence electrons. The first-order valence-electron chi connectivity index (χ1n) is 4.35. The number of amides is 1. The van der Waals surface area contributed by atoms with Crippen LogP contribution in [0.3, 0.4) is 0 Å². The number of ether oxygens (including phenoxy) is 1. The van der Waals surface area contributed by atoms with Crippen LogP contribution in [0.25, 0.3) is 0 Å². The topological polar surface area (TPSA) is 38.3 Å². The van der Waals surface area contributed by atoms with Crippen molar-refractivity contribution in [2.24, 2.45) is 0 Å². The maximum Gasteiger partial charge on any atom is 0.225 e. The Balaban J connectivity index is 2.70. The van der Waals surface area contributed by atoms with E-state index in [1.54, 1.807) is 26.2 Å². The largest absolute Gasteiger partial charge is 0.495 e. The Kier molecular flexibility index (Phi) is 3.98. The van der Waals surface area contributed by atoms with Crippen molar-refractivity contribution >= 4 is 11.6 Å². The predicted octanol–water partition coefficient (Wildman–Crippen LogP) is 2.12. The number of nitrogens with one attached hydrogen (secondary N) is 1. The minimum absolute atomic E-state index is 0.0861. The molecule has 0 heterocycles. The summed E-state index contributed by atoms with van der Waals surface area (Å²) in [6.07, 6.45) is 3.06. The summed E-state index contributed by atoms with van der Waals surface area (Å²) in [5.41, 5.74) is 0.690. The molecule has 0 aliphatic heterocycles. The number of hydrogen-bond donors (Lipinski definition) is 1. The molecule has 0 bridgehead atoms. The lowest BCUT2D eigenvalue weighted by atomic mass is 10.2. The molecule has 2 radical (unpaired) electrons. The number of para-hydroxylation sites is 2. The van der Waals surface area contributed by atoms with Crippen molar-refractivity contribution in [1.29, 1.82) is 0 Å². The number of anilines is 1. The molecule has 0 atom stereocenters. The Morgan fingerprint density at radius 3 is 2.86 bits per heavy atom. The predicted molar refractivity (Wildman–Crippen MR) is 55.2 cm³/mol. The van der Waals surface area contributed by atoms with Crippen LogP contribution in [0.2, 0.25) is 0 Å². The van der Waals surface area contributed by atoms with Crippen molar-refractivity contribution in [3.8, 4) is 5.75 Å². The Hall–Kier alpha value is -1.51. The second-order valence-corrected chi connectivity index (χ2v) is 2.78. The fourth-order valence-corrected chi connectivity index (χ4v) is 1.10. The maximum absolute atomic E-state index is 11.3. The number of hydrogen-bond acceptors (Lipinski definition) is 2. The lowest BCUT2D eigenvalue weighted by Gasteiger charge is -2.08. The quantitative estimate of drug-likeness (QED) is 0.791. The Labute approximate surface area is 84.1 Å². The fourth-order valence-electron chi connectivity index (χ4n) is 1.10. The van der Waals surface area contributed by atoms with Gasteiger partial charge >= 0.3 is 0 Å². The van der Waals surface area contributed by atoms with Crippen molar-refractivity contribution in [2.75, 3.05) is 12.4 Å². The zero-order chi connectivity index (χ0) is 10.4. The number of rotatable bonds is 4. The molecule has 0 aliphatic carbocycles. The minimum atomic E-state index is -0.0861. The van der Waals surface area contributed by atoms with Crippen LogP contribution in [0.1, 0.15) is 13.3 Å². The van der Waals surface area contributed by atoms with Gasteiger partial charge in [0.15, 0.2) is 0 Å². The highest BCUT2D eigenvalue weighted by Crippen LogP contribution is 2.22. The number of benzene rings is 1. The average molecular weight is 191 g/mol. The summed E-state index contributed by atoms with van der Waals surface area (Å²) in [4.78, 5) is 11.3. The van der Waals surface area contributed by atoms with Gasteiger partial charge in [0.2, 0.25) is 5.91 Å². The van der Waals surface area contributed by atoms with Gasteiger partial charge in [-0.2, -0.15) is 0 Å². The highest BCUT2D eigenvalue weighted by Gasteiger charge is 2.04. The van der Waals surface area contributed by atoms with Gasteiger partial charge in [-0.15, -0.1) is 0 Å². The summed E-state index contributed by atoms with van der Waals surface area (Å²) in [6, 6.07) is 7.30. The van der Waals surface area contributed by atoms with Gasteiger partial charge in [0.05, 0.1) is 12.8 Å². The smallest absolute Gasteiger partial charge is 0.225 e. The normalized spacial score (nSPS) is 9.57. The van der Waals surface area contributed by atoms with E-state index in [1.165, 1.54) is 0 Å². The molecule has 14 heavy (non-hydrogen) atoms. The lowest BCUT2D eigenvalue weighted by molar-refractivity contribution is -0.115. The van der Waals surface area contributed by atoms with Gasteiger partial charge in [-0.1, -0.05) is 19.1 Å². The van der Waals surface area contributed by atoms with Crippen LogP contribution < -0.4 is 10.1 Å². The van der Waals surface area contributed by atoms with Crippen molar-refractivity contribution < 1.29 is 9.53 Å². The summed E-state index contributed by atoms with van der Waals surface area (Å²) >= 11 is 0. The van der Waals surface area contributed by atoms with Gasteiger partial charge in [0.25, 0.3) is 0 Å². The number of methoxy groups -OCH3 is 1. The van der Waals surface area contributed by atoms with E-state index in [1.807, 2.05) is 12.1 Å². The van der Waals surface area contributed by atoms with Gasteiger partial charge in [0.1, 0.15) is 5.75 Å². The van der Waals surface area contributed by atoms with Crippen LogP contribution in [-0.2, 0) is 4.79 Å². The highest BCUT2D eigenvalue weighted by atomic mass is 16.5. The molecule has 1 rings (SSSR count). The van der Waals surface area contributed by atoms with E-state index in [-0.39, 0.29) is 12.3 Å². The van der Waals surface area contributed by atoms with Crippen molar-refractivity contribution in [3.63, 3.8) is 0 Å². The monoisotopic (exact) mass is 191 g/mol. The summed E-state index contributed by atoms with van der Waals surface area (Å²) in [5.74, 6) is 0.578. The summed E-state index contributed by atoms with van der Waals surface area (Å²) in [5, 5.41) is 2.74. The van der Waals surface area contributed by atoms with Crippen molar-refractivity contribution in [1.82, 2.24) is 0 Å². The van der Waals surface area contributed by atoms with E-state index in [2.05, 4.69) is 11.7 Å². The standard InChI is InChI=1S/C11H13NO2/c1-3-6-11(13)12-9-7-4-5-8-10(9)14-2/h4-5,7-8H,6H2,1-2H3,(H,12,13). The fraction of sp³-hybridized carbons (Fsp3) is 0.273. The van der Waals surface area contributed by atoms with Gasteiger partial charge < -0.3 is 10.1 Å². The first-order valence-corrected chi connectivity index (χ1v) is 4.35. The van der Waals surface area contributed by atoms with Gasteiger partial charge in [0, 0.05) is 6.42 Å². The van der Waals surface area contributed by atoms with Crippen molar-refractivity contribution in [2.45, 2.75) is 13.3 Å². The molecule has 1 amide bonds. The van der Waals surface area contributed by atoms with Gasteiger partial charge in [-0.3, -0.25) is 4.79 Å². The highest BCUT2D eigenvalue weighted by molar-refractivity contribution is 5.92. The molecule has 0 spiro atoms. The Bertz CT molecular complexity index is 310. The molecular formula is C11H13NO2. The second kappa shape index (κ2) is 5.27. The second-order valence-electron chi connectivity index (χ2n) is 2.78. The molecule has 3 heteroatoms. The van der Waals surface area contributed by atoms with Crippen molar-refractivity contribution in [3.05, 3.63) is 30.7 Å². The van der Waals surface area contributed by atoms with E-state index < -0.39 is 0 Å². The number of carbonyl (C=O) groups excluding carboxylic acids is 1. The zero-order valence-electron chi connectivity index (χ0n) is 8.33. The third kappa shape index (κ3) is 2.76. The van der Waals surface area contributed by atoms with Crippen LogP contribution in [0.4, 0.5) is 5.69 Å². The van der Waals surface area contributed by atoms with E-state index in [0.29, 0.717) is 11.4 Å². The zero-order valence-corrected chi connectivity index (χ0v) is 8.33. The van der Waals surface area contributed by atoms with Crippen LogP contribution in [0.5, 0.6) is 5.75 Å². The van der Waals surface area contributed by atoms with E-state index in [4.69, 9.17) is 4.74 Å². The molecule has 1 N–H and O–H groups in total. The molecule has 0 aliphatic rings. The average Bonchev–Trinajstić information content (AvgIpc) is 2.19. The summed E-state index contributed by atoms with van der Waals surface area (Å²) in [7, 11) is 1.57. The summed E-state index contributed by atoms with van der Waals surface area (Å²) < 4.78 is 5.09. The SMILES string of the molecule is C[C]CC(=O)Nc1ccccc1OC. The summed E-state index contributed by atoms with van der Waals surface area (Å²) in [6.45, 7) is 1.72. The van der Waals surface area contributed by atoms with Gasteiger partial charge in [-0.25, -0.2) is 0 Å². The van der Waals surface area contributed by atoms with E-state index >= 15 is 0 Å². The van der Waals surface area contributed by atoms with E-state index in [9.17, 15) is 4.79 Å². The van der Waals surface area contributed by atoms with Crippen LogP contribution in [0, 0.1) is 6.42 Å². The molecule has 1 aromatic rings. The van der Waals surface area contributed by atoms with Crippen LogP contribution >= 0.6 is 0 Å². The van der Waals surface area contributed by atoms with E-state index in [0.717, 1.165) is 0 Å². The van der Waals surface area contributed by atoms with Gasteiger partial charge in [-0.05, 0) is 18.6 Å². The molecule has 0 unspecified atom stereocenters. The molecule has 1 aromatic carbocycles. The Morgan fingerprint density at radius 1 is 1.50 bits per heavy atom. The molecular weight excluding hydrogens is 178 g/mol. The first-order chi connectivity index (χ1) is 6.77. The third-order valence-corrected chi connectivity index (χ3v) is 1.72. The van der Waals surface area contributed by atoms with Crippen LogP contribution in [0.15, 0.2) is 24.3 Å². The third-order valence-electron chi connectivity index (χ3n) is 1.72. The maximum atomic E-state index is 11.3. The first kappa shape index (κ1) is 10.6.